The molecule has 2 aromatic rings. The van der Waals surface area contributed by atoms with Crippen LogP contribution in [-0.4, -0.2) is 238 Å². The van der Waals surface area contributed by atoms with Crippen LogP contribution in [0.2, 0.25) is 19.6 Å². The molecule has 6 saturated carbocycles. The van der Waals surface area contributed by atoms with Gasteiger partial charge in [0.15, 0.2) is 0 Å². The normalized spacial score (nSPS) is 24.6. The number of hydrogen-bond donors (Lipinski definition) is 6. The quantitative estimate of drug-likeness (QED) is 0.0160. The van der Waals surface area contributed by atoms with E-state index in [1.54, 1.807) is 0 Å². The fraction of sp³-hybridized carbons (Fsp3) is 0.873. The lowest BCUT2D eigenvalue weighted by molar-refractivity contribution is 0.00707. The van der Waals surface area contributed by atoms with Gasteiger partial charge in [0.2, 0.25) is 11.9 Å². The summed E-state index contributed by atoms with van der Waals surface area (Å²) in [6.45, 7) is 41.1. The van der Waals surface area contributed by atoms with E-state index in [9.17, 15) is 18.7 Å². The van der Waals surface area contributed by atoms with E-state index in [2.05, 4.69) is 85.8 Å². The fourth-order valence-electron chi connectivity index (χ4n) is 17.1. The molecule has 8 fully saturated rings. The van der Waals surface area contributed by atoms with Gasteiger partial charge in [-0.25, -0.2) is 9.59 Å². The van der Waals surface area contributed by atoms with Gasteiger partial charge in [-0.3, -0.25) is 18.9 Å². The second-order valence-corrected chi connectivity index (χ2v) is 50.2. The Balaban J connectivity index is 0.000000325. The van der Waals surface area contributed by atoms with E-state index >= 15 is 0 Å². The Labute approximate surface area is 667 Å². The molecule has 2 saturated heterocycles. The molecular weight excluding hydrogens is 1500 g/mol. The standard InChI is InChI=1S/C42H75N8O7P.C32H59N8O3P.C3H9BrSi.2CH4/c1-9-54-58(53,55-10-2)25-24-47-20-22-48(23-21-47)37-28-36(43)45-38(46-37)44-29-31-12-14-32(15-13-31)30-49(39(51)56-41(3,4)5)18-11-19-50(40(52)57-42(6,7)8)35-27-33-16-17-34(35)26-33;1-3-42-44(41,43-4-2)19-18-39-14-16-40(17-15-39)31-22-30(33)37-32(38-31)36-24-26-8-6-25(7-9-26)23-34-12-5-13-35-29-21-27-10-11-28(29)20-27;1-5(2,3)4;;/h28,31-35H,9-27,29-30H2,1-8H3,(H3,43,44,45,46);22,25-29,34-35H,3-21,23-24H2,1-2H3,(H3,33,36,37,38);1-3H3;2*1H4/t31?,32?,33-,34+,35+;25?,26?,27-,28+,29?;;;/m11.../s1. The van der Waals surface area contributed by atoms with E-state index in [1.807, 2.05) is 91.2 Å². The zero-order valence-corrected chi connectivity index (χ0v) is 72.5. The van der Waals surface area contributed by atoms with E-state index in [1.165, 1.54) is 77.0 Å². The molecule has 30 heteroatoms. The first kappa shape index (κ1) is 94.2. The highest BCUT2D eigenvalue weighted by Gasteiger charge is 2.45. The van der Waals surface area contributed by atoms with E-state index in [-0.39, 0.29) is 33.1 Å². The summed E-state index contributed by atoms with van der Waals surface area (Å²) in [7, 11) is -6.09. The van der Waals surface area contributed by atoms with Gasteiger partial charge in [0.25, 0.3) is 0 Å². The maximum atomic E-state index is 13.5. The fourth-order valence-corrected chi connectivity index (χ4v) is 20.4. The molecule has 0 radical (unpaired) electrons. The molecule has 1 unspecified atom stereocenters. The number of aromatic nitrogens is 4. The van der Waals surface area contributed by atoms with Gasteiger partial charge in [0.1, 0.15) is 41.2 Å². The predicted octanol–water partition coefficient (Wildman–Crippen LogP) is 15.6. The lowest BCUT2D eigenvalue weighted by Gasteiger charge is -2.37. The third-order valence-electron chi connectivity index (χ3n) is 22.4. The molecule has 8 aliphatic rings. The zero-order valence-electron chi connectivity index (χ0n) is 68.1. The number of carbonyl (C=O) groups excluding carboxylic acids is 2. The van der Waals surface area contributed by atoms with Crippen molar-refractivity contribution < 1.29 is 46.3 Å². The summed E-state index contributed by atoms with van der Waals surface area (Å²) >= 11 is 3.51. The number of anilines is 6. The second kappa shape index (κ2) is 45.6. The molecule has 4 heterocycles. The largest absolute Gasteiger partial charge is 0.444 e. The van der Waals surface area contributed by atoms with Crippen molar-refractivity contribution in [2.75, 3.05) is 188 Å². The predicted molar refractivity (Wildman–Crippen MR) is 455 cm³/mol. The van der Waals surface area contributed by atoms with Crippen molar-refractivity contribution in [3.8, 4) is 0 Å². The molecule has 109 heavy (non-hydrogen) atoms. The van der Waals surface area contributed by atoms with Crippen molar-refractivity contribution in [1.82, 2.24) is 50.2 Å². The lowest BCUT2D eigenvalue weighted by atomic mass is 9.81. The average Bonchev–Trinajstić information content (AvgIpc) is 1.69. The minimum Gasteiger partial charge on any atom is -0.444 e. The second-order valence-electron chi connectivity index (χ2n) is 34.5. The molecule has 2 aromatic heterocycles. The smallest absolute Gasteiger partial charge is 0.410 e. The van der Waals surface area contributed by atoms with Crippen LogP contribution in [0.5, 0.6) is 0 Å². The minimum absolute atomic E-state index is 0. The Morgan fingerprint density at radius 1 is 0.550 bits per heavy atom. The average molecular weight is 1660 g/mol. The highest BCUT2D eigenvalue weighted by molar-refractivity contribution is 9.26. The number of ether oxygens (including phenoxy) is 2. The summed E-state index contributed by atoms with van der Waals surface area (Å²) in [5, 5.41) is 14.5. The summed E-state index contributed by atoms with van der Waals surface area (Å²) < 4.78 is 59.3. The van der Waals surface area contributed by atoms with Gasteiger partial charge in [-0.15, -0.1) is 15.3 Å². The third-order valence-corrected chi connectivity index (χ3v) is 26.5. The molecule has 4 bridgehead atoms. The van der Waals surface area contributed by atoms with E-state index in [0.717, 1.165) is 153 Å². The van der Waals surface area contributed by atoms with Crippen LogP contribution in [0, 0.1) is 47.3 Å². The van der Waals surface area contributed by atoms with Gasteiger partial charge in [-0.1, -0.05) is 47.3 Å². The Hall–Kier alpha value is -3.66. The SMILES string of the molecule is C.C.CCOP(=O)(CCN1CCN(c2cc(N)nc(NCC3CCC(CN(CCCN(C(=O)OC(C)(C)C)[C@H]4C[C@@H]5CC[C@H]4C5)C(=O)OC(C)(C)C)CC3)n2)CC1)OCC.CCOP(=O)(CCN1CCN(c2cc(N)nc(NCC3CCC(CNCCCNC4C[C@@H]5CC[C@H]4C5)CC3)n2)CC1)OCC.C[Si](C)(C)Br. The first-order valence-corrected chi connectivity index (χ1v) is 50.6. The van der Waals surface area contributed by atoms with Crippen molar-refractivity contribution in [3.63, 3.8) is 0 Å². The lowest BCUT2D eigenvalue weighted by Crippen LogP contribution is -2.47. The van der Waals surface area contributed by atoms with Crippen molar-refractivity contribution in [3.05, 3.63) is 12.1 Å². The van der Waals surface area contributed by atoms with Crippen LogP contribution in [-0.2, 0) is 36.7 Å². The highest BCUT2D eigenvalue weighted by Crippen LogP contribution is 2.50. The first-order chi connectivity index (χ1) is 50.8. The van der Waals surface area contributed by atoms with E-state index in [0.29, 0.717) is 131 Å². The van der Waals surface area contributed by atoms with Gasteiger partial charge >= 0.3 is 27.4 Å². The molecule has 0 aromatic carbocycles. The van der Waals surface area contributed by atoms with E-state index < -0.39 is 33.1 Å². The van der Waals surface area contributed by atoms with Crippen LogP contribution < -0.4 is 42.5 Å². The van der Waals surface area contributed by atoms with Crippen LogP contribution in [0.3, 0.4) is 0 Å². The molecule has 6 atom stereocenters. The number of nitrogens with zero attached hydrogens (tertiary/aromatic N) is 10. The number of amides is 2. The number of nitrogens with two attached hydrogens (primary N) is 2. The van der Waals surface area contributed by atoms with E-state index in [4.69, 9.17) is 49.0 Å². The number of carbonyl (C=O) groups is 2. The van der Waals surface area contributed by atoms with Crippen molar-refractivity contribution >= 4 is 84.5 Å². The number of nitrogens with one attached hydrogen (secondary N) is 4. The van der Waals surface area contributed by atoms with Crippen molar-refractivity contribution in [2.45, 2.75) is 243 Å². The summed E-state index contributed by atoms with van der Waals surface area (Å²) in [6, 6.07) is 4.73. The molecule has 2 aliphatic heterocycles. The maximum absolute atomic E-state index is 13.5. The van der Waals surface area contributed by atoms with Crippen molar-refractivity contribution in [1.29, 1.82) is 0 Å². The van der Waals surface area contributed by atoms with Gasteiger partial charge in [-0.2, -0.15) is 19.9 Å². The monoisotopic (exact) mass is 1650 g/mol. The van der Waals surface area contributed by atoms with Crippen molar-refractivity contribution in [2.24, 2.45) is 47.3 Å². The number of halogens is 1. The highest BCUT2D eigenvalue weighted by atomic mass is 79.9. The molecule has 0 spiro atoms. The molecule has 628 valence electrons. The number of fused-ring (bicyclic) bond motifs is 4. The van der Waals surface area contributed by atoms with Crippen LogP contribution in [0.25, 0.3) is 0 Å². The number of nitrogen functional groups attached to an aromatic ring is 2. The van der Waals surface area contributed by atoms with Crippen LogP contribution in [0.1, 0.15) is 200 Å². The minimum atomic E-state index is -3.07. The van der Waals surface area contributed by atoms with Gasteiger partial charge in [0.05, 0.1) is 38.8 Å². The molecule has 2 amide bonds. The van der Waals surface area contributed by atoms with Crippen LogP contribution in [0.4, 0.5) is 44.8 Å². The molecular formula is C79H151BrN16O10P2Si. The van der Waals surface area contributed by atoms with Gasteiger partial charge in [-0.05, 0) is 239 Å². The van der Waals surface area contributed by atoms with Crippen LogP contribution in [0.15, 0.2) is 12.1 Å². The number of piperazine rings is 2. The number of hydrogen-bond acceptors (Lipinski definition) is 24. The molecule has 10 rings (SSSR count). The summed E-state index contributed by atoms with van der Waals surface area (Å²) in [4.78, 5) is 58.6. The molecule has 8 N–H and O–H groups in total. The topological polar surface area (TPSA) is 295 Å². The summed E-state index contributed by atoms with van der Waals surface area (Å²) in [5.41, 5.74) is 11.3. The Bertz CT molecular complexity index is 3050. The molecule has 6 aliphatic carbocycles. The van der Waals surface area contributed by atoms with Crippen LogP contribution >= 0.6 is 30.5 Å². The summed E-state index contributed by atoms with van der Waals surface area (Å²) in [5.74, 6) is 9.29. The Morgan fingerprint density at radius 2 is 0.972 bits per heavy atom. The van der Waals surface area contributed by atoms with Gasteiger partial charge < -0.3 is 79.9 Å². The first-order valence-electron chi connectivity index (χ1n) is 41.4. The van der Waals surface area contributed by atoms with Gasteiger partial charge in [0, 0.05) is 122 Å². The maximum Gasteiger partial charge on any atom is 0.410 e. The third kappa shape index (κ3) is 33.2. The zero-order chi connectivity index (χ0) is 77.4. The Kier molecular flexibility index (Phi) is 39.4. The number of rotatable bonds is 36. The summed E-state index contributed by atoms with van der Waals surface area (Å²) in [6.07, 6.45) is 21.9. The Morgan fingerprint density at radius 3 is 1.38 bits per heavy atom. The molecule has 26 nitrogen and oxygen atoms in total.